The van der Waals surface area contributed by atoms with Crippen molar-refractivity contribution in [3.8, 4) is 17.4 Å². The van der Waals surface area contributed by atoms with Crippen LogP contribution in [0.15, 0.2) is 34.5 Å². The topological polar surface area (TPSA) is 125 Å². The maximum absolute atomic E-state index is 10.5. The third-order valence-corrected chi connectivity index (χ3v) is 4.02. The van der Waals surface area contributed by atoms with Crippen molar-refractivity contribution >= 4 is 17.2 Å². The highest BCUT2D eigenvalue weighted by molar-refractivity contribution is 5.66. The van der Waals surface area contributed by atoms with E-state index in [0.29, 0.717) is 11.4 Å². The number of benzene rings is 1. The third-order valence-electron chi connectivity index (χ3n) is 4.02. The Morgan fingerprint density at radius 1 is 1.29 bits per heavy atom. The number of azo groups is 1. The van der Waals surface area contributed by atoms with Crippen LogP contribution in [0.5, 0.6) is 11.8 Å². The fraction of sp³-hybridized carbons (Fsp3) is 0.278. The highest BCUT2D eigenvalue weighted by Crippen LogP contribution is 2.40. The first-order valence-corrected chi connectivity index (χ1v) is 8.43. The molecular formula is C18H19N7O3. The van der Waals surface area contributed by atoms with Gasteiger partial charge in [-0.3, -0.25) is 5.10 Å². The zero-order chi connectivity index (χ0) is 20.3. The second-order valence-electron chi connectivity index (χ2n) is 6.19. The van der Waals surface area contributed by atoms with Crippen molar-refractivity contribution in [3.05, 3.63) is 46.9 Å². The summed E-state index contributed by atoms with van der Waals surface area (Å²) in [7, 11) is 1.40. The van der Waals surface area contributed by atoms with Crippen molar-refractivity contribution in [1.82, 2.24) is 20.0 Å². The molecule has 0 radical (unpaired) electrons. The first-order chi connectivity index (χ1) is 13.5. The van der Waals surface area contributed by atoms with Gasteiger partial charge in [-0.05, 0) is 23.6 Å². The molecule has 3 aromatic rings. The quantitative estimate of drug-likeness (QED) is 0.441. The number of methoxy groups -OCH3 is 1. The van der Waals surface area contributed by atoms with Crippen LogP contribution < -0.4 is 4.74 Å². The van der Waals surface area contributed by atoms with E-state index in [4.69, 9.17) is 16.4 Å². The lowest BCUT2D eigenvalue weighted by molar-refractivity contribution is 0.282. The molecule has 2 aromatic heterocycles. The van der Waals surface area contributed by atoms with Crippen LogP contribution in [-0.4, -0.2) is 37.3 Å². The zero-order valence-corrected chi connectivity index (χ0v) is 15.6. The molecule has 0 atom stereocenters. The largest absolute Gasteiger partial charge is 0.492 e. The van der Waals surface area contributed by atoms with Gasteiger partial charge < -0.3 is 14.9 Å². The summed E-state index contributed by atoms with van der Waals surface area (Å²) in [6, 6.07) is 6.81. The summed E-state index contributed by atoms with van der Waals surface area (Å²) >= 11 is 0. The number of aromatic amines is 1. The van der Waals surface area contributed by atoms with E-state index in [0.717, 1.165) is 5.56 Å². The number of H-pyrrole nitrogens is 1. The molecule has 0 aliphatic rings. The average molecular weight is 381 g/mol. The number of aliphatic hydroxyl groups excluding tert-OH is 1. The van der Waals surface area contributed by atoms with Gasteiger partial charge in [0.25, 0.3) is 11.6 Å². The summed E-state index contributed by atoms with van der Waals surface area (Å²) < 4.78 is 6.44. The van der Waals surface area contributed by atoms with Gasteiger partial charge in [0, 0.05) is 0 Å². The highest BCUT2D eigenvalue weighted by Gasteiger charge is 2.21. The number of hydrogen-bond acceptors (Lipinski definition) is 7. The summed E-state index contributed by atoms with van der Waals surface area (Å²) in [5.41, 5.74) is 2.18. The second kappa shape index (κ2) is 7.89. The monoisotopic (exact) mass is 381 g/mol. The van der Waals surface area contributed by atoms with Crippen LogP contribution in [0.4, 0.5) is 17.2 Å². The van der Waals surface area contributed by atoms with Crippen LogP contribution in [0, 0.1) is 6.57 Å². The second-order valence-corrected chi connectivity index (χ2v) is 6.19. The Labute approximate surface area is 160 Å². The highest BCUT2D eigenvalue weighted by atomic mass is 16.5. The Balaban J connectivity index is 2.00. The average Bonchev–Trinajstić information content (AvgIpc) is 3.26. The maximum atomic E-state index is 10.5. The first kappa shape index (κ1) is 19.1. The molecule has 0 bridgehead atoms. The number of rotatable bonds is 6. The van der Waals surface area contributed by atoms with Gasteiger partial charge in [0.15, 0.2) is 5.82 Å². The van der Waals surface area contributed by atoms with E-state index >= 15 is 0 Å². The maximum Gasteiger partial charge on any atom is 0.265 e. The van der Waals surface area contributed by atoms with E-state index in [1.165, 1.54) is 11.8 Å². The predicted molar refractivity (Wildman–Crippen MR) is 101 cm³/mol. The molecule has 0 saturated carbocycles. The van der Waals surface area contributed by atoms with Gasteiger partial charge in [-0.1, -0.05) is 26.0 Å². The normalized spacial score (nSPS) is 11.3. The molecule has 0 aliphatic heterocycles. The molecule has 0 saturated heterocycles. The lowest BCUT2D eigenvalue weighted by Crippen LogP contribution is -1.96. The summed E-state index contributed by atoms with van der Waals surface area (Å²) in [5.74, 6) is 0.0443. The van der Waals surface area contributed by atoms with Gasteiger partial charge in [-0.2, -0.15) is 9.78 Å². The minimum absolute atomic E-state index is 0.0189. The molecule has 144 valence electrons. The molecule has 28 heavy (non-hydrogen) atoms. The van der Waals surface area contributed by atoms with Crippen molar-refractivity contribution in [3.63, 3.8) is 0 Å². The predicted octanol–water partition coefficient (Wildman–Crippen LogP) is 3.89. The van der Waals surface area contributed by atoms with Crippen LogP contribution >= 0.6 is 0 Å². The molecule has 1 aromatic carbocycles. The van der Waals surface area contributed by atoms with E-state index in [9.17, 15) is 5.11 Å². The summed E-state index contributed by atoms with van der Waals surface area (Å²) in [5, 5.41) is 38.7. The Morgan fingerprint density at radius 2 is 2.00 bits per heavy atom. The zero-order valence-electron chi connectivity index (χ0n) is 15.6. The number of hydrogen-bond donors (Lipinski definition) is 3. The van der Waals surface area contributed by atoms with E-state index in [1.54, 1.807) is 24.3 Å². The first-order valence-electron chi connectivity index (χ1n) is 8.43. The Bertz CT molecular complexity index is 1040. The van der Waals surface area contributed by atoms with Crippen LogP contribution in [0.2, 0.25) is 0 Å². The van der Waals surface area contributed by atoms with Crippen molar-refractivity contribution < 1.29 is 14.9 Å². The van der Waals surface area contributed by atoms with Gasteiger partial charge in [0.2, 0.25) is 11.6 Å². The van der Waals surface area contributed by atoms with Crippen LogP contribution in [-0.2, 0) is 6.61 Å². The van der Waals surface area contributed by atoms with E-state index in [2.05, 4.69) is 30.4 Å². The minimum Gasteiger partial charge on any atom is -0.492 e. The van der Waals surface area contributed by atoms with Gasteiger partial charge in [-0.15, -0.1) is 15.3 Å². The van der Waals surface area contributed by atoms with E-state index < -0.39 is 0 Å². The molecule has 0 spiro atoms. The standard InChI is InChI=1S/C18H19N7O3/c1-10(2)13-14(19-3)16(22-20-13)23-21-15-17(28-4)24-25(18(15)27)12-7-5-11(9-26)6-8-12/h5-8,10,26-27H,9H2,1-2,4H3,(H,20,22)/b23-21+. The van der Waals surface area contributed by atoms with Gasteiger partial charge in [-0.25, -0.2) is 4.85 Å². The Morgan fingerprint density at radius 3 is 2.57 bits per heavy atom. The summed E-state index contributed by atoms with van der Waals surface area (Å²) in [6.07, 6.45) is 0. The molecule has 10 nitrogen and oxygen atoms in total. The van der Waals surface area contributed by atoms with E-state index in [-0.39, 0.29) is 41.5 Å². The van der Waals surface area contributed by atoms with Crippen LogP contribution in [0.1, 0.15) is 31.0 Å². The third kappa shape index (κ3) is 3.43. The molecule has 0 aliphatic carbocycles. The van der Waals surface area contributed by atoms with Gasteiger partial charge in [0.1, 0.15) is 0 Å². The van der Waals surface area contributed by atoms with Crippen LogP contribution in [0.3, 0.4) is 0 Å². The molecule has 3 N–H and O–H groups in total. The minimum atomic E-state index is -0.273. The van der Waals surface area contributed by atoms with Gasteiger partial charge >= 0.3 is 0 Å². The van der Waals surface area contributed by atoms with Crippen molar-refractivity contribution in [2.24, 2.45) is 10.2 Å². The van der Waals surface area contributed by atoms with Crippen molar-refractivity contribution in [2.75, 3.05) is 7.11 Å². The number of aromatic hydroxyl groups is 1. The molecule has 2 heterocycles. The molecule has 0 fully saturated rings. The van der Waals surface area contributed by atoms with Crippen molar-refractivity contribution in [1.29, 1.82) is 0 Å². The fourth-order valence-electron chi connectivity index (χ4n) is 2.55. The number of nitrogens with one attached hydrogen (secondary N) is 1. The number of aliphatic hydroxyl groups is 1. The van der Waals surface area contributed by atoms with Crippen LogP contribution in [0.25, 0.3) is 10.5 Å². The van der Waals surface area contributed by atoms with E-state index in [1.807, 2.05) is 13.8 Å². The Kier molecular flexibility index (Phi) is 5.37. The number of ether oxygens (including phenoxy) is 1. The molecule has 0 unspecified atom stereocenters. The lowest BCUT2D eigenvalue weighted by Gasteiger charge is -2.03. The molecule has 3 rings (SSSR count). The number of aromatic nitrogens is 4. The summed E-state index contributed by atoms with van der Waals surface area (Å²) in [6.45, 7) is 11.1. The fourth-order valence-corrected chi connectivity index (χ4v) is 2.55. The van der Waals surface area contributed by atoms with Gasteiger partial charge in [0.05, 0.1) is 31.7 Å². The number of nitrogens with zero attached hydrogens (tertiary/aromatic N) is 6. The van der Waals surface area contributed by atoms with Crippen molar-refractivity contribution in [2.45, 2.75) is 26.4 Å². The molecular weight excluding hydrogens is 362 g/mol. The summed E-state index contributed by atoms with van der Waals surface area (Å²) in [4.78, 5) is 3.47. The molecule has 10 heteroatoms. The lowest BCUT2D eigenvalue weighted by atomic mass is 10.1. The molecule has 0 amide bonds. The SMILES string of the molecule is [C-]#[N+]c1c(C(C)C)n[nH]c1/N=N/c1c(OC)nn(-c2ccc(CO)cc2)c1O. The smallest absolute Gasteiger partial charge is 0.265 e. The Hall–Kier alpha value is -3.71.